The van der Waals surface area contributed by atoms with Gasteiger partial charge in [-0.3, -0.25) is 0 Å². The Balaban J connectivity index is 3.24. The van der Waals surface area contributed by atoms with E-state index in [0.29, 0.717) is 0 Å². The lowest BCUT2D eigenvalue weighted by atomic mass is 10.1. The van der Waals surface area contributed by atoms with Gasteiger partial charge in [-0.05, 0) is 19.1 Å². The molecule has 0 radical (unpaired) electrons. The second-order valence-electron chi connectivity index (χ2n) is 2.68. The van der Waals surface area contributed by atoms with Crippen LogP contribution in [0.4, 0.5) is 4.39 Å². The Morgan fingerprint density at radius 3 is 2.87 bits per heavy atom. The molecule has 0 saturated carbocycles. The number of aromatic hydroxyl groups is 1. The van der Waals surface area contributed by atoms with Gasteiger partial charge < -0.3 is 9.84 Å². The number of nitrogens with zero attached hydrogens (tertiary/aromatic N) is 1. The van der Waals surface area contributed by atoms with Gasteiger partial charge in [0.25, 0.3) is 0 Å². The molecule has 0 aliphatic rings. The van der Waals surface area contributed by atoms with Crippen molar-refractivity contribution < 1.29 is 19.0 Å². The van der Waals surface area contributed by atoms with Crippen molar-refractivity contribution in [3.05, 3.63) is 29.1 Å². The molecule has 0 heterocycles. The molecule has 1 rings (SSSR count). The first kappa shape index (κ1) is 11.0. The average molecular weight is 209 g/mol. The van der Waals surface area contributed by atoms with Crippen LogP contribution in [0.1, 0.15) is 22.8 Å². The van der Waals surface area contributed by atoms with Gasteiger partial charge >= 0.3 is 5.97 Å². The molecular formula is C10H8FNO3. The van der Waals surface area contributed by atoms with Crippen LogP contribution in [-0.2, 0) is 4.74 Å². The summed E-state index contributed by atoms with van der Waals surface area (Å²) in [4.78, 5) is 11.2. The summed E-state index contributed by atoms with van der Waals surface area (Å²) in [5.41, 5.74) is -0.633. The van der Waals surface area contributed by atoms with Gasteiger partial charge in [-0.25, -0.2) is 9.18 Å². The van der Waals surface area contributed by atoms with Crippen molar-refractivity contribution in [2.45, 2.75) is 6.92 Å². The highest BCUT2D eigenvalue weighted by atomic mass is 19.1. The highest BCUT2D eigenvalue weighted by Gasteiger charge is 2.17. The number of phenols is 1. The molecular weight excluding hydrogens is 201 g/mol. The summed E-state index contributed by atoms with van der Waals surface area (Å²) >= 11 is 0. The second-order valence-corrected chi connectivity index (χ2v) is 2.68. The van der Waals surface area contributed by atoms with Gasteiger partial charge in [-0.15, -0.1) is 0 Å². The minimum atomic E-state index is -0.856. The van der Waals surface area contributed by atoms with Crippen LogP contribution in [0, 0.1) is 17.1 Å². The van der Waals surface area contributed by atoms with Crippen LogP contribution in [-0.4, -0.2) is 17.7 Å². The quantitative estimate of drug-likeness (QED) is 0.750. The summed E-state index contributed by atoms with van der Waals surface area (Å²) in [5.74, 6) is -2.18. The predicted molar refractivity (Wildman–Crippen MR) is 48.7 cm³/mol. The van der Waals surface area contributed by atoms with Gasteiger partial charge in [0.15, 0.2) is 0 Å². The minimum Gasteiger partial charge on any atom is -0.506 e. The topological polar surface area (TPSA) is 70.3 Å². The monoisotopic (exact) mass is 209 g/mol. The Bertz CT molecular complexity index is 437. The number of hydrogen-bond acceptors (Lipinski definition) is 4. The smallest absolute Gasteiger partial charge is 0.342 e. The summed E-state index contributed by atoms with van der Waals surface area (Å²) in [6, 6.07) is 3.25. The van der Waals surface area contributed by atoms with Crippen LogP contribution in [0.5, 0.6) is 5.75 Å². The second kappa shape index (κ2) is 4.42. The van der Waals surface area contributed by atoms with Crippen molar-refractivity contribution in [1.29, 1.82) is 5.26 Å². The van der Waals surface area contributed by atoms with E-state index in [1.54, 1.807) is 13.0 Å². The minimum absolute atomic E-state index is 0.108. The number of carbonyl (C=O) groups is 1. The van der Waals surface area contributed by atoms with Crippen LogP contribution in [0.15, 0.2) is 12.1 Å². The fourth-order valence-electron chi connectivity index (χ4n) is 1.05. The summed E-state index contributed by atoms with van der Waals surface area (Å²) in [7, 11) is 0. The molecule has 0 unspecified atom stereocenters. The van der Waals surface area contributed by atoms with Crippen LogP contribution >= 0.6 is 0 Å². The van der Waals surface area contributed by atoms with E-state index < -0.39 is 17.5 Å². The number of esters is 1. The molecule has 0 aliphatic heterocycles. The van der Waals surface area contributed by atoms with E-state index in [-0.39, 0.29) is 17.7 Å². The number of hydrogen-bond donors (Lipinski definition) is 1. The normalized spacial score (nSPS) is 9.40. The molecule has 0 saturated heterocycles. The Morgan fingerprint density at radius 2 is 2.33 bits per heavy atom. The molecule has 0 amide bonds. The lowest BCUT2D eigenvalue weighted by molar-refractivity contribution is 0.0522. The summed E-state index contributed by atoms with van der Waals surface area (Å²) < 4.78 is 17.5. The fraction of sp³-hybridized carbons (Fsp3) is 0.200. The number of carbonyl (C=O) groups excluding carboxylic acids is 1. The van der Waals surface area contributed by atoms with E-state index in [0.717, 1.165) is 12.1 Å². The third-order valence-corrected chi connectivity index (χ3v) is 1.69. The molecule has 1 aromatic rings. The van der Waals surface area contributed by atoms with Crippen LogP contribution in [0.3, 0.4) is 0 Å². The first-order chi connectivity index (χ1) is 7.10. The number of benzene rings is 1. The highest BCUT2D eigenvalue weighted by Crippen LogP contribution is 2.24. The molecule has 0 aliphatic carbocycles. The summed E-state index contributed by atoms with van der Waals surface area (Å²) in [5, 5.41) is 18.0. The van der Waals surface area contributed by atoms with E-state index >= 15 is 0 Å². The SMILES string of the molecule is CCOC(=O)c1cc(F)cc(C#N)c1O. The van der Waals surface area contributed by atoms with Crippen molar-refractivity contribution >= 4 is 5.97 Å². The van der Waals surface area contributed by atoms with Crippen LogP contribution < -0.4 is 0 Å². The van der Waals surface area contributed by atoms with Gasteiger partial charge in [0, 0.05) is 0 Å². The molecule has 0 fully saturated rings. The first-order valence-corrected chi connectivity index (χ1v) is 4.19. The molecule has 5 heteroatoms. The third-order valence-electron chi connectivity index (χ3n) is 1.69. The Hall–Kier alpha value is -2.09. The van der Waals surface area contributed by atoms with Gasteiger partial charge in [0.2, 0.25) is 0 Å². The zero-order valence-corrected chi connectivity index (χ0v) is 7.95. The van der Waals surface area contributed by atoms with Crippen LogP contribution in [0.2, 0.25) is 0 Å². The number of halogens is 1. The number of phenolic OH excluding ortho intramolecular Hbond substituents is 1. The molecule has 1 N–H and O–H groups in total. The predicted octanol–water partition coefficient (Wildman–Crippen LogP) is 1.58. The standard InChI is InChI=1S/C10H8FNO3/c1-2-15-10(14)8-4-7(11)3-6(5-12)9(8)13/h3-4,13H,2H2,1H3. The Morgan fingerprint density at radius 1 is 1.67 bits per heavy atom. The van der Waals surface area contributed by atoms with Gasteiger partial charge in [-0.1, -0.05) is 0 Å². The number of rotatable bonds is 2. The zero-order valence-electron chi connectivity index (χ0n) is 7.95. The van der Waals surface area contributed by atoms with Gasteiger partial charge in [0.1, 0.15) is 23.2 Å². The Labute approximate surface area is 85.5 Å². The largest absolute Gasteiger partial charge is 0.506 e. The van der Waals surface area contributed by atoms with Crippen molar-refractivity contribution in [3.8, 4) is 11.8 Å². The molecule has 1 aromatic carbocycles. The Kier molecular flexibility index (Phi) is 3.24. The highest BCUT2D eigenvalue weighted by molar-refractivity contribution is 5.93. The van der Waals surface area contributed by atoms with Gasteiger partial charge in [0.05, 0.1) is 12.2 Å². The lowest BCUT2D eigenvalue weighted by Crippen LogP contribution is -2.06. The molecule has 0 atom stereocenters. The van der Waals surface area contributed by atoms with Gasteiger partial charge in [-0.2, -0.15) is 5.26 Å². The molecule has 0 spiro atoms. The molecule has 15 heavy (non-hydrogen) atoms. The third kappa shape index (κ3) is 2.23. The average Bonchev–Trinajstić information content (AvgIpc) is 2.21. The maximum Gasteiger partial charge on any atom is 0.342 e. The van der Waals surface area contributed by atoms with E-state index in [4.69, 9.17) is 5.26 Å². The molecule has 78 valence electrons. The summed E-state index contributed by atoms with van der Waals surface area (Å²) in [6.45, 7) is 1.69. The zero-order chi connectivity index (χ0) is 11.4. The first-order valence-electron chi connectivity index (χ1n) is 4.19. The van der Waals surface area contributed by atoms with Crippen molar-refractivity contribution in [3.63, 3.8) is 0 Å². The maximum absolute atomic E-state index is 12.9. The van der Waals surface area contributed by atoms with E-state index in [1.807, 2.05) is 0 Å². The van der Waals surface area contributed by atoms with E-state index in [9.17, 15) is 14.3 Å². The molecule has 0 bridgehead atoms. The number of ether oxygens (including phenoxy) is 1. The number of nitriles is 1. The molecule has 4 nitrogen and oxygen atoms in total. The lowest BCUT2D eigenvalue weighted by Gasteiger charge is -2.05. The van der Waals surface area contributed by atoms with Crippen molar-refractivity contribution in [2.24, 2.45) is 0 Å². The van der Waals surface area contributed by atoms with E-state index in [2.05, 4.69) is 4.74 Å². The summed E-state index contributed by atoms with van der Waals surface area (Å²) in [6.07, 6.45) is 0. The van der Waals surface area contributed by atoms with Crippen molar-refractivity contribution in [2.75, 3.05) is 6.61 Å². The van der Waals surface area contributed by atoms with Crippen LogP contribution in [0.25, 0.3) is 0 Å². The fourth-order valence-corrected chi connectivity index (χ4v) is 1.05. The molecule has 0 aromatic heterocycles. The van der Waals surface area contributed by atoms with Crippen molar-refractivity contribution in [1.82, 2.24) is 0 Å². The van der Waals surface area contributed by atoms with E-state index in [1.165, 1.54) is 0 Å². The maximum atomic E-state index is 12.9.